The van der Waals surface area contributed by atoms with Crippen molar-refractivity contribution < 1.29 is 4.79 Å². The lowest BCUT2D eigenvalue weighted by Crippen LogP contribution is -2.33. The highest BCUT2D eigenvalue weighted by Crippen LogP contribution is 2.19. The van der Waals surface area contributed by atoms with Crippen molar-refractivity contribution in [3.05, 3.63) is 29.3 Å². The Morgan fingerprint density at radius 2 is 1.65 bits per heavy atom. The van der Waals surface area contributed by atoms with Crippen LogP contribution in [-0.4, -0.2) is 36.2 Å². The smallest absolute Gasteiger partial charge is 0.238 e. The lowest BCUT2D eigenvalue weighted by molar-refractivity contribution is -0.117. The average Bonchev–Trinajstić information content (AvgIpc) is 2.54. The van der Waals surface area contributed by atoms with Gasteiger partial charge in [-0.3, -0.25) is 9.69 Å². The number of carbonyl (C=O) groups is 1. The van der Waals surface area contributed by atoms with Crippen LogP contribution in [0.2, 0.25) is 0 Å². The SMILES string of the molecule is CCCCCS.CCN(CC)CC(=O)Nc1c(C)cccc1C. The van der Waals surface area contributed by atoms with Gasteiger partial charge in [0.25, 0.3) is 0 Å². The van der Waals surface area contributed by atoms with E-state index in [1.807, 2.05) is 32.0 Å². The van der Waals surface area contributed by atoms with Crippen molar-refractivity contribution in [2.45, 2.75) is 53.9 Å². The summed E-state index contributed by atoms with van der Waals surface area (Å²) in [5.74, 6) is 1.11. The number of likely N-dealkylation sites (N-methyl/N-ethyl adjacent to an activating group) is 1. The molecule has 1 N–H and O–H groups in total. The van der Waals surface area contributed by atoms with Gasteiger partial charge in [0.15, 0.2) is 0 Å². The molecule has 0 aliphatic heterocycles. The third-order valence-electron chi connectivity index (χ3n) is 3.77. The minimum atomic E-state index is 0.0612. The van der Waals surface area contributed by atoms with Crippen molar-refractivity contribution in [3.8, 4) is 0 Å². The standard InChI is InChI=1S/C14H22N2O.C5H12S/c1-5-16(6-2)10-13(17)15-14-11(3)8-7-9-12(14)4;1-2-3-4-5-6/h7-9H,5-6,10H2,1-4H3,(H,15,17);6H,2-5H2,1H3. The molecule has 1 aromatic carbocycles. The number of para-hydroxylation sites is 1. The molecule has 1 aromatic rings. The van der Waals surface area contributed by atoms with Crippen molar-refractivity contribution in [3.63, 3.8) is 0 Å². The van der Waals surface area contributed by atoms with Crippen LogP contribution in [0.1, 0.15) is 51.2 Å². The fourth-order valence-electron chi connectivity index (χ4n) is 2.20. The van der Waals surface area contributed by atoms with E-state index in [9.17, 15) is 4.79 Å². The molecule has 0 saturated heterocycles. The van der Waals surface area contributed by atoms with E-state index in [1.54, 1.807) is 0 Å². The Balaban J connectivity index is 0.000000688. The van der Waals surface area contributed by atoms with Gasteiger partial charge in [0.2, 0.25) is 5.91 Å². The van der Waals surface area contributed by atoms with Gasteiger partial charge in [0, 0.05) is 5.69 Å². The van der Waals surface area contributed by atoms with E-state index in [0.717, 1.165) is 35.7 Å². The van der Waals surface area contributed by atoms with Crippen LogP contribution in [0, 0.1) is 13.8 Å². The zero-order valence-electron chi connectivity index (χ0n) is 15.5. The summed E-state index contributed by atoms with van der Waals surface area (Å²) in [5, 5.41) is 3.00. The van der Waals surface area contributed by atoms with Crippen LogP contribution in [0.5, 0.6) is 0 Å². The number of unbranched alkanes of at least 4 members (excludes halogenated alkanes) is 2. The quantitative estimate of drug-likeness (QED) is 0.532. The summed E-state index contributed by atoms with van der Waals surface area (Å²) in [5.41, 5.74) is 3.17. The number of benzene rings is 1. The third-order valence-corrected chi connectivity index (χ3v) is 4.09. The lowest BCUT2D eigenvalue weighted by Gasteiger charge is -2.18. The maximum atomic E-state index is 11.9. The minimum Gasteiger partial charge on any atom is -0.324 e. The molecule has 4 heteroatoms. The predicted molar refractivity (Wildman–Crippen MR) is 106 cm³/mol. The Hall–Kier alpha value is -1.00. The number of hydrogen-bond donors (Lipinski definition) is 2. The number of aryl methyl sites for hydroxylation is 2. The highest BCUT2D eigenvalue weighted by atomic mass is 32.1. The molecule has 0 aromatic heterocycles. The first-order valence-electron chi connectivity index (χ1n) is 8.69. The monoisotopic (exact) mass is 338 g/mol. The first kappa shape index (κ1) is 22.0. The minimum absolute atomic E-state index is 0.0612. The van der Waals surface area contributed by atoms with Gasteiger partial charge in [-0.2, -0.15) is 12.6 Å². The van der Waals surface area contributed by atoms with Crippen LogP contribution in [0.3, 0.4) is 0 Å². The molecule has 0 fully saturated rings. The number of rotatable bonds is 8. The second-order valence-electron chi connectivity index (χ2n) is 5.71. The van der Waals surface area contributed by atoms with Crippen molar-refractivity contribution in [2.24, 2.45) is 0 Å². The first-order valence-corrected chi connectivity index (χ1v) is 9.32. The number of anilines is 1. The molecule has 0 bridgehead atoms. The highest BCUT2D eigenvalue weighted by Gasteiger charge is 2.09. The Kier molecular flexibility index (Phi) is 12.9. The number of nitrogens with zero attached hydrogens (tertiary/aromatic N) is 1. The predicted octanol–water partition coefficient (Wildman–Crippen LogP) is 4.69. The molecule has 0 unspecified atom stereocenters. The fraction of sp³-hybridized carbons (Fsp3) is 0.632. The molecule has 0 heterocycles. The molecule has 0 saturated carbocycles. The zero-order valence-corrected chi connectivity index (χ0v) is 16.4. The molecule has 1 amide bonds. The highest BCUT2D eigenvalue weighted by molar-refractivity contribution is 7.80. The molecular weight excluding hydrogens is 304 g/mol. The molecule has 0 atom stereocenters. The number of carbonyl (C=O) groups excluding carboxylic acids is 1. The molecule has 3 nitrogen and oxygen atoms in total. The second-order valence-corrected chi connectivity index (χ2v) is 6.15. The number of hydrogen-bond acceptors (Lipinski definition) is 3. The normalized spacial score (nSPS) is 10.2. The summed E-state index contributed by atoms with van der Waals surface area (Å²) in [6, 6.07) is 6.03. The van der Waals surface area contributed by atoms with Crippen LogP contribution in [0.15, 0.2) is 18.2 Å². The van der Waals surface area contributed by atoms with E-state index in [-0.39, 0.29) is 5.91 Å². The summed E-state index contributed by atoms with van der Waals surface area (Å²) in [7, 11) is 0. The molecule has 0 aliphatic rings. The topological polar surface area (TPSA) is 32.3 Å². The molecular formula is C19H34N2OS. The summed E-state index contributed by atoms with van der Waals surface area (Å²) in [6.45, 7) is 12.6. The largest absolute Gasteiger partial charge is 0.324 e. The maximum absolute atomic E-state index is 11.9. The van der Waals surface area contributed by atoms with Gasteiger partial charge >= 0.3 is 0 Å². The van der Waals surface area contributed by atoms with Crippen LogP contribution < -0.4 is 5.32 Å². The van der Waals surface area contributed by atoms with Gasteiger partial charge in [0.1, 0.15) is 0 Å². The molecule has 0 spiro atoms. The Bertz CT molecular complexity index is 421. The van der Waals surface area contributed by atoms with Crippen molar-refractivity contribution >= 4 is 24.2 Å². The Labute approximate surface area is 148 Å². The molecule has 0 aliphatic carbocycles. The molecule has 1 rings (SSSR count). The van der Waals surface area contributed by atoms with Crippen molar-refractivity contribution in [1.82, 2.24) is 4.90 Å². The lowest BCUT2D eigenvalue weighted by atomic mass is 10.1. The van der Waals surface area contributed by atoms with E-state index in [0.29, 0.717) is 6.54 Å². The molecule has 23 heavy (non-hydrogen) atoms. The van der Waals surface area contributed by atoms with E-state index < -0.39 is 0 Å². The number of nitrogens with one attached hydrogen (secondary N) is 1. The van der Waals surface area contributed by atoms with Crippen LogP contribution >= 0.6 is 12.6 Å². The van der Waals surface area contributed by atoms with Gasteiger partial charge in [-0.05, 0) is 50.2 Å². The summed E-state index contributed by atoms with van der Waals surface area (Å²) in [6.07, 6.45) is 3.92. The van der Waals surface area contributed by atoms with Gasteiger partial charge in [0.05, 0.1) is 6.54 Å². The van der Waals surface area contributed by atoms with Crippen molar-refractivity contribution in [2.75, 3.05) is 30.7 Å². The van der Waals surface area contributed by atoms with Crippen LogP contribution in [0.4, 0.5) is 5.69 Å². The Morgan fingerprint density at radius 3 is 2.04 bits per heavy atom. The van der Waals surface area contributed by atoms with E-state index in [4.69, 9.17) is 0 Å². The molecule has 132 valence electrons. The van der Waals surface area contributed by atoms with Crippen LogP contribution in [-0.2, 0) is 4.79 Å². The summed E-state index contributed by atoms with van der Waals surface area (Å²) in [4.78, 5) is 14.0. The maximum Gasteiger partial charge on any atom is 0.238 e. The average molecular weight is 339 g/mol. The van der Waals surface area contributed by atoms with E-state index in [1.165, 1.54) is 19.3 Å². The van der Waals surface area contributed by atoms with Crippen LogP contribution in [0.25, 0.3) is 0 Å². The van der Waals surface area contributed by atoms with Gasteiger partial charge in [-0.1, -0.05) is 51.8 Å². The summed E-state index contributed by atoms with van der Waals surface area (Å²) >= 11 is 4.05. The first-order chi connectivity index (χ1) is 11.0. The third kappa shape index (κ3) is 9.67. The number of amides is 1. The number of thiol groups is 1. The van der Waals surface area contributed by atoms with Crippen molar-refractivity contribution in [1.29, 1.82) is 0 Å². The van der Waals surface area contributed by atoms with Gasteiger partial charge < -0.3 is 5.32 Å². The molecule has 0 radical (unpaired) electrons. The van der Waals surface area contributed by atoms with E-state index in [2.05, 4.69) is 43.6 Å². The fourth-order valence-corrected chi connectivity index (χ4v) is 2.43. The second kappa shape index (κ2) is 13.4. The van der Waals surface area contributed by atoms with Gasteiger partial charge in [-0.25, -0.2) is 0 Å². The summed E-state index contributed by atoms with van der Waals surface area (Å²) < 4.78 is 0. The zero-order chi connectivity index (χ0) is 17.7. The van der Waals surface area contributed by atoms with Gasteiger partial charge in [-0.15, -0.1) is 0 Å². The van der Waals surface area contributed by atoms with E-state index >= 15 is 0 Å². The Morgan fingerprint density at radius 1 is 1.09 bits per heavy atom.